The van der Waals surface area contributed by atoms with Crippen LogP contribution >= 0.6 is 0 Å². The Balaban J connectivity index is 2.19. The molecule has 2 N–H and O–H groups in total. The number of nitrogens with one attached hydrogen (secondary N) is 1. The van der Waals surface area contributed by atoms with Gasteiger partial charge in [-0.1, -0.05) is 16.3 Å². The van der Waals surface area contributed by atoms with Crippen molar-refractivity contribution >= 4 is 17.0 Å². The fourth-order valence-electron chi connectivity index (χ4n) is 2.26. The molecule has 1 aromatic carbocycles. The van der Waals surface area contributed by atoms with Crippen LogP contribution < -0.4 is 5.48 Å². The van der Waals surface area contributed by atoms with Gasteiger partial charge in [0.25, 0.3) is 0 Å². The minimum Gasteiger partial charge on any atom is -0.772 e. The summed E-state index contributed by atoms with van der Waals surface area (Å²) in [5.74, 6) is -5.83. The Morgan fingerprint density at radius 3 is 2.69 bits per heavy atom. The summed E-state index contributed by atoms with van der Waals surface area (Å²) in [6.07, 6.45) is 1.19. The van der Waals surface area contributed by atoms with Crippen molar-refractivity contribution in [2.24, 2.45) is 5.41 Å². The van der Waals surface area contributed by atoms with E-state index in [4.69, 9.17) is 5.21 Å². The summed E-state index contributed by atoms with van der Waals surface area (Å²) >= 11 is -2.54. The lowest BCUT2D eigenvalue weighted by Gasteiger charge is -2.27. The second-order valence-corrected chi connectivity index (χ2v) is 6.69. The molecule has 0 aliphatic carbocycles. The summed E-state index contributed by atoms with van der Waals surface area (Å²) in [6, 6.07) is 1.75. The van der Waals surface area contributed by atoms with Crippen LogP contribution in [-0.2, 0) is 22.4 Å². The molecule has 1 aromatic heterocycles. The molecule has 2 aromatic rings. The number of amides is 1. The Morgan fingerprint density at radius 2 is 2.08 bits per heavy atom. The number of halogens is 3. The van der Waals surface area contributed by atoms with Crippen molar-refractivity contribution in [1.29, 1.82) is 0 Å². The van der Waals surface area contributed by atoms with Gasteiger partial charge in [0.2, 0.25) is 5.91 Å². The molecule has 2 atom stereocenters. The normalized spacial score (nSPS) is 14.7. The van der Waals surface area contributed by atoms with Gasteiger partial charge in [0.15, 0.2) is 17.5 Å². The zero-order valence-electron chi connectivity index (χ0n) is 13.4. The van der Waals surface area contributed by atoms with Crippen LogP contribution in [0.4, 0.5) is 13.2 Å². The topological polar surface area (TPSA) is 120 Å². The first-order chi connectivity index (χ1) is 12.2. The van der Waals surface area contributed by atoms with E-state index < -0.39 is 45.6 Å². The van der Waals surface area contributed by atoms with Gasteiger partial charge < -0.3 is 4.55 Å². The van der Waals surface area contributed by atoms with Crippen molar-refractivity contribution in [3.8, 4) is 11.3 Å². The third-order valence-electron chi connectivity index (χ3n) is 3.83. The van der Waals surface area contributed by atoms with E-state index >= 15 is 0 Å². The van der Waals surface area contributed by atoms with Crippen molar-refractivity contribution < 1.29 is 31.9 Å². The molecule has 0 saturated heterocycles. The SMILES string of the molecule is C[C@](CCn1cc(-c2ccc(F)c(F)c2F)nn1)(CS(=O)[O-])C(=O)NO. The highest BCUT2D eigenvalue weighted by molar-refractivity contribution is 7.79. The molecule has 0 fully saturated rings. The molecule has 0 aliphatic rings. The average Bonchev–Trinajstić information content (AvgIpc) is 3.05. The maximum Gasteiger partial charge on any atom is 0.250 e. The van der Waals surface area contributed by atoms with Gasteiger partial charge in [-0.3, -0.25) is 18.9 Å². The Hall–Kier alpha value is -2.31. The van der Waals surface area contributed by atoms with Crippen molar-refractivity contribution in [2.75, 3.05) is 5.75 Å². The molecule has 12 heteroatoms. The average molecular weight is 391 g/mol. The van der Waals surface area contributed by atoms with Crippen LogP contribution in [-0.4, -0.2) is 40.6 Å². The highest BCUT2D eigenvalue weighted by Crippen LogP contribution is 2.26. The predicted molar refractivity (Wildman–Crippen MR) is 81.8 cm³/mol. The number of benzene rings is 1. The van der Waals surface area contributed by atoms with Gasteiger partial charge in [-0.05, 0) is 25.5 Å². The summed E-state index contributed by atoms with van der Waals surface area (Å²) < 4.78 is 63.1. The van der Waals surface area contributed by atoms with E-state index in [-0.39, 0.29) is 24.2 Å². The predicted octanol–water partition coefficient (Wildman–Crippen LogP) is 1.14. The fourth-order valence-corrected chi connectivity index (χ4v) is 3.06. The van der Waals surface area contributed by atoms with Crippen molar-refractivity contribution in [3.05, 3.63) is 35.8 Å². The van der Waals surface area contributed by atoms with E-state index in [1.165, 1.54) is 23.3 Å². The number of aromatic nitrogens is 3. The first kappa shape index (κ1) is 20.0. The number of carbonyl (C=O) groups is 1. The van der Waals surface area contributed by atoms with Crippen LogP contribution in [0.25, 0.3) is 11.3 Å². The van der Waals surface area contributed by atoms with E-state index in [2.05, 4.69) is 10.3 Å². The van der Waals surface area contributed by atoms with Crippen LogP contribution in [0.1, 0.15) is 13.3 Å². The Bertz CT molecular complexity index is 848. The molecule has 0 aliphatic heterocycles. The van der Waals surface area contributed by atoms with E-state index in [1.54, 1.807) is 0 Å². The third kappa shape index (κ3) is 4.26. The molecule has 142 valence electrons. The van der Waals surface area contributed by atoms with E-state index in [9.17, 15) is 26.7 Å². The van der Waals surface area contributed by atoms with E-state index in [1.807, 2.05) is 0 Å². The zero-order chi connectivity index (χ0) is 19.5. The third-order valence-corrected chi connectivity index (χ3v) is 4.70. The first-order valence-electron chi connectivity index (χ1n) is 7.22. The minimum atomic E-state index is -2.54. The van der Waals surface area contributed by atoms with Gasteiger partial charge in [0, 0.05) is 17.9 Å². The second-order valence-electron chi connectivity index (χ2n) is 5.79. The lowest BCUT2D eigenvalue weighted by Crippen LogP contribution is -2.42. The molecule has 0 saturated carbocycles. The second kappa shape index (κ2) is 7.93. The van der Waals surface area contributed by atoms with Gasteiger partial charge in [0.05, 0.1) is 11.6 Å². The maximum atomic E-state index is 13.8. The largest absolute Gasteiger partial charge is 0.772 e. The number of nitrogens with zero attached hydrogens (tertiary/aromatic N) is 3. The Kier molecular flexibility index (Phi) is 6.10. The van der Waals surface area contributed by atoms with Crippen molar-refractivity contribution in [1.82, 2.24) is 20.5 Å². The van der Waals surface area contributed by atoms with Crippen LogP contribution in [0.3, 0.4) is 0 Å². The minimum absolute atomic E-state index is 0.000579. The lowest BCUT2D eigenvalue weighted by molar-refractivity contribution is -0.138. The molecule has 0 radical (unpaired) electrons. The van der Waals surface area contributed by atoms with Crippen LogP contribution in [0.15, 0.2) is 18.3 Å². The molecule has 1 unspecified atom stereocenters. The number of hydrogen-bond acceptors (Lipinski definition) is 6. The first-order valence-corrected chi connectivity index (χ1v) is 8.47. The molecule has 26 heavy (non-hydrogen) atoms. The number of hydroxylamine groups is 1. The highest BCUT2D eigenvalue weighted by Gasteiger charge is 2.33. The summed E-state index contributed by atoms with van der Waals surface area (Å²) in [7, 11) is 0. The van der Waals surface area contributed by atoms with Gasteiger partial charge in [0.1, 0.15) is 5.69 Å². The standard InChI is InChI=1S/C14H15F3N4O4S/c1-14(7-26(24)25,13(22)19-23)4-5-21-6-10(18-20-21)8-2-3-9(15)12(17)11(8)16/h2-3,6,23H,4-5,7H2,1H3,(H,19,22)(H,24,25)/p-1/t14-/m0/s1. The number of aryl methyl sites for hydroxylation is 1. The van der Waals surface area contributed by atoms with E-state index in [0.717, 1.165) is 12.1 Å². The van der Waals surface area contributed by atoms with Crippen molar-refractivity contribution in [2.45, 2.75) is 19.9 Å². The van der Waals surface area contributed by atoms with Gasteiger partial charge in [-0.2, -0.15) is 0 Å². The quantitative estimate of drug-likeness (QED) is 0.316. The number of carbonyl (C=O) groups excluding carboxylic acids is 1. The van der Waals surface area contributed by atoms with Crippen LogP contribution in [0.5, 0.6) is 0 Å². The summed E-state index contributed by atoms with van der Waals surface area (Å²) in [6.45, 7) is 1.33. The molecule has 0 bridgehead atoms. The molecule has 2 rings (SSSR count). The number of hydrogen-bond donors (Lipinski definition) is 2. The smallest absolute Gasteiger partial charge is 0.250 e. The van der Waals surface area contributed by atoms with Crippen LogP contribution in [0, 0.1) is 22.9 Å². The summed E-state index contributed by atoms with van der Waals surface area (Å²) in [5.41, 5.74) is -0.398. The van der Waals surface area contributed by atoms with Crippen LogP contribution in [0.2, 0.25) is 0 Å². The fraction of sp³-hybridized carbons (Fsp3) is 0.357. The summed E-state index contributed by atoms with van der Waals surface area (Å²) in [5, 5.41) is 16.1. The Morgan fingerprint density at radius 1 is 1.38 bits per heavy atom. The molecular weight excluding hydrogens is 377 g/mol. The highest BCUT2D eigenvalue weighted by atomic mass is 32.2. The number of rotatable bonds is 7. The zero-order valence-corrected chi connectivity index (χ0v) is 14.2. The monoisotopic (exact) mass is 391 g/mol. The molecular formula is C14H14F3N4O4S-. The van der Waals surface area contributed by atoms with Gasteiger partial charge in [-0.15, -0.1) is 5.10 Å². The van der Waals surface area contributed by atoms with Crippen molar-refractivity contribution in [3.63, 3.8) is 0 Å². The maximum absolute atomic E-state index is 13.8. The molecule has 1 heterocycles. The van der Waals surface area contributed by atoms with Gasteiger partial charge >= 0.3 is 0 Å². The molecule has 8 nitrogen and oxygen atoms in total. The molecule has 1 amide bonds. The molecule has 0 spiro atoms. The summed E-state index contributed by atoms with van der Waals surface area (Å²) in [4.78, 5) is 11.7. The Labute approximate surface area is 148 Å². The van der Waals surface area contributed by atoms with E-state index in [0.29, 0.717) is 0 Å². The van der Waals surface area contributed by atoms with Gasteiger partial charge in [-0.25, -0.2) is 18.7 Å². The lowest BCUT2D eigenvalue weighted by atomic mass is 9.88.